The van der Waals surface area contributed by atoms with Crippen molar-refractivity contribution in [2.75, 3.05) is 0 Å². The van der Waals surface area contributed by atoms with Gasteiger partial charge in [-0.15, -0.1) is 11.8 Å². The van der Waals surface area contributed by atoms with Gasteiger partial charge in [-0.3, -0.25) is 0 Å². The molecule has 0 aliphatic heterocycles. The van der Waals surface area contributed by atoms with E-state index < -0.39 is 8.07 Å². The van der Waals surface area contributed by atoms with Gasteiger partial charge in [0.15, 0.2) is 0 Å². The van der Waals surface area contributed by atoms with E-state index in [2.05, 4.69) is 74.2 Å². The van der Waals surface area contributed by atoms with E-state index in [1.54, 1.807) is 0 Å². The standard InChI is InChI=1S/C18H24SSi/c1-20(2,3)14-13-16-9-11-17(12-10-16)15-19-18-7-5-4-6-8-18/h4-12H,13-15H2,1-3H3. The maximum Gasteiger partial charge on any atom is 0.0445 e. The Bertz CT molecular complexity index is 511. The van der Waals surface area contributed by atoms with E-state index in [0.717, 1.165) is 5.75 Å². The van der Waals surface area contributed by atoms with Gasteiger partial charge in [0.2, 0.25) is 0 Å². The molecule has 0 saturated carbocycles. The molecule has 0 atom stereocenters. The highest BCUT2D eigenvalue weighted by Crippen LogP contribution is 2.23. The van der Waals surface area contributed by atoms with Crippen molar-refractivity contribution in [2.24, 2.45) is 0 Å². The molecular formula is C18H24SSi. The monoisotopic (exact) mass is 300 g/mol. The van der Waals surface area contributed by atoms with Crippen molar-refractivity contribution in [1.29, 1.82) is 0 Å². The Morgan fingerprint density at radius 3 is 2.00 bits per heavy atom. The number of benzene rings is 2. The molecule has 2 aromatic rings. The van der Waals surface area contributed by atoms with E-state index in [1.807, 2.05) is 11.8 Å². The Labute approximate surface area is 128 Å². The molecule has 0 heterocycles. The lowest BCUT2D eigenvalue weighted by atomic mass is 10.1. The van der Waals surface area contributed by atoms with Gasteiger partial charge in [0, 0.05) is 18.7 Å². The van der Waals surface area contributed by atoms with Gasteiger partial charge in [0.1, 0.15) is 0 Å². The normalized spacial score (nSPS) is 11.6. The largest absolute Gasteiger partial charge is 0.121 e. The number of rotatable bonds is 6. The van der Waals surface area contributed by atoms with Gasteiger partial charge in [0.25, 0.3) is 0 Å². The number of hydrogen-bond donors (Lipinski definition) is 0. The molecule has 0 spiro atoms. The molecule has 0 aromatic heterocycles. The third-order valence-electron chi connectivity index (χ3n) is 3.34. The second-order valence-corrected chi connectivity index (χ2v) is 13.1. The summed E-state index contributed by atoms with van der Waals surface area (Å²) < 4.78 is 0. The van der Waals surface area contributed by atoms with Gasteiger partial charge in [-0.25, -0.2) is 0 Å². The zero-order valence-corrected chi connectivity index (χ0v) is 14.5. The van der Waals surface area contributed by atoms with E-state index in [0.29, 0.717) is 0 Å². The van der Waals surface area contributed by atoms with Crippen molar-refractivity contribution in [3.05, 3.63) is 65.7 Å². The van der Waals surface area contributed by atoms with Crippen LogP contribution in [0, 0.1) is 0 Å². The Balaban J connectivity index is 1.85. The lowest BCUT2D eigenvalue weighted by molar-refractivity contribution is 1.09. The third-order valence-corrected chi connectivity index (χ3v) is 6.17. The predicted molar refractivity (Wildman–Crippen MR) is 94.3 cm³/mol. The Kier molecular flexibility index (Phi) is 5.50. The van der Waals surface area contributed by atoms with Crippen molar-refractivity contribution < 1.29 is 0 Å². The van der Waals surface area contributed by atoms with E-state index >= 15 is 0 Å². The third kappa shape index (κ3) is 5.56. The molecule has 0 aliphatic rings. The average Bonchev–Trinajstić information content (AvgIpc) is 2.44. The minimum absolute atomic E-state index is 0.917. The summed E-state index contributed by atoms with van der Waals surface area (Å²) in [5.41, 5.74) is 2.90. The van der Waals surface area contributed by atoms with E-state index in [1.165, 1.54) is 28.5 Å². The molecule has 106 valence electrons. The molecular weight excluding hydrogens is 276 g/mol. The fourth-order valence-electron chi connectivity index (χ4n) is 2.00. The lowest BCUT2D eigenvalue weighted by Gasteiger charge is -2.15. The van der Waals surface area contributed by atoms with Crippen LogP contribution in [0.25, 0.3) is 0 Å². The highest BCUT2D eigenvalue weighted by atomic mass is 32.2. The van der Waals surface area contributed by atoms with Crippen LogP contribution in [0.1, 0.15) is 11.1 Å². The van der Waals surface area contributed by atoms with Crippen LogP contribution in [-0.4, -0.2) is 8.07 Å². The van der Waals surface area contributed by atoms with Crippen molar-refractivity contribution in [3.63, 3.8) is 0 Å². The highest BCUT2D eigenvalue weighted by molar-refractivity contribution is 7.98. The Morgan fingerprint density at radius 1 is 0.800 bits per heavy atom. The van der Waals surface area contributed by atoms with E-state index in [9.17, 15) is 0 Å². The molecule has 0 nitrogen and oxygen atoms in total. The molecule has 0 radical (unpaired) electrons. The minimum Gasteiger partial charge on any atom is -0.121 e. The van der Waals surface area contributed by atoms with Crippen molar-refractivity contribution in [1.82, 2.24) is 0 Å². The zero-order chi connectivity index (χ0) is 14.4. The van der Waals surface area contributed by atoms with Gasteiger partial charge in [-0.1, -0.05) is 68.1 Å². The lowest BCUT2D eigenvalue weighted by Crippen LogP contribution is -2.19. The van der Waals surface area contributed by atoms with Crippen LogP contribution in [0.15, 0.2) is 59.5 Å². The summed E-state index contributed by atoms with van der Waals surface area (Å²) in [7, 11) is -0.917. The minimum atomic E-state index is -0.917. The van der Waals surface area contributed by atoms with Gasteiger partial charge >= 0.3 is 0 Å². The topological polar surface area (TPSA) is 0 Å². The molecule has 0 bridgehead atoms. The second-order valence-electron chi connectivity index (χ2n) is 6.48. The summed E-state index contributed by atoms with van der Waals surface area (Å²) in [6.07, 6.45) is 1.24. The Hall–Kier alpha value is -0.993. The molecule has 2 aromatic carbocycles. The quantitative estimate of drug-likeness (QED) is 0.475. The molecule has 2 rings (SSSR count). The predicted octanol–water partition coefficient (Wildman–Crippen LogP) is 5.86. The van der Waals surface area contributed by atoms with Crippen molar-refractivity contribution >= 4 is 19.8 Å². The SMILES string of the molecule is C[Si](C)(C)CCc1ccc(CSc2ccccc2)cc1. The van der Waals surface area contributed by atoms with Gasteiger partial charge in [-0.2, -0.15) is 0 Å². The van der Waals surface area contributed by atoms with Crippen LogP contribution in [0.4, 0.5) is 0 Å². The molecule has 20 heavy (non-hydrogen) atoms. The first kappa shape index (κ1) is 15.4. The summed E-state index contributed by atoms with van der Waals surface area (Å²) >= 11 is 1.90. The summed E-state index contributed by atoms with van der Waals surface area (Å²) in [5, 5.41) is 0. The van der Waals surface area contributed by atoms with E-state index in [-0.39, 0.29) is 0 Å². The number of thioether (sulfide) groups is 1. The molecule has 0 N–H and O–H groups in total. The van der Waals surface area contributed by atoms with Crippen molar-refractivity contribution in [2.45, 2.75) is 42.8 Å². The molecule has 0 fully saturated rings. The van der Waals surface area contributed by atoms with Gasteiger partial charge in [0.05, 0.1) is 0 Å². The Morgan fingerprint density at radius 2 is 1.40 bits per heavy atom. The zero-order valence-electron chi connectivity index (χ0n) is 12.7. The van der Waals surface area contributed by atoms with Crippen LogP contribution < -0.4 is 0 Å². The number of hydrogen-bond acceptors (Lipinski definition) is 1. The second kappa shape index (κ2) is 7.14. The van der Waals surface area contributed by atoms with Gasteiger partial charge in [-0.05, 0) is 29.7 Å². The van der Waals surface area contributed by atoms with Crippen molar-refractivity contribution in [3.8, 4) is 0 Å². The average molecular weight is 301 g/mol. The first-order valence-electron chi connectivity index (χ1n) is 7.29. The maximum absolute atomic E-state index is 2.44. The summed E-state index contributed by atoms with van der Waals surface area (Å²) in [6, 6.07) is 21.2. The fourth-order valence-corrected chi connectivity index (χ4v) is 3.92. The van der Waals surface area contributed by atoms with Crippen LogP contribution in [-0.2, 0) is 12.2 Å². The highest BCUT2D eigenvalue weighted by Gasteiger charge is 2.12. The molecule has 2 heteroatoms. The summed E-state index contributed by atoms with van der Waals surface area (Å²) in [6.45, 7) is 7.33. The van der Waals surface area contributed by atoms with Gasteiger partial charge < -0.3 is 0 Å². The molecule has 0 aliphatic carbocycles. The van der Waals surface area contributed by atoms with Crippen LogP contribution in [0.3, 0.4) is 0 Å². The first-order valence-corrected chi connectivity index (χ1v) is 12.0. The smallest absolute Gasteiger partial charge is 0.0445 e. The van der Waals surface area contributed by atoms with Crippen LogP contribution in [0.5, 0.6) is 0 Å². The van der Waals surface area contributed by atoms with E-state index in [4.69, 9.17) is 0 Å². The van der Waals surface area contributed by atoms with Crippen LogP contribution >= 0.6 is 11.8 Å². The molecule has 0 saturated heterocycles. The first-order chi connectivity index (χ1) is 9.53. The summed E-state index contributed by atoms with van der Waals surface area (Å²) in [5.74, 6) is 1.05. The summed E-state index contributed by atoms with van der Waals surface area (Å²) in [4.78, 5) is 1.34. The maximum atomic E-state index is 2.44. The fraction of sp³-hybridized carbons (Fsp3) is 0.333. The molecule has 0 unspecified atom stereocenters. The van der Waals surface area contributed by atoms with Crippen LogP contribution in [0.2, 0.25) is 25.7 Å². The molecule has 0 amide bonds. The number of aryl methyl sites for hydroxylation is 1.